The molecule has 90 valence electrons. The third-order valence-electron chi connectivity index (χ3n) is 2.81. The summed E-state index contributed by atoms with van der Waals surface area (Å²) < 4.78 is 5.22. The van der Waals surface area contributed by atoms with Crippen molar-refractivity contribution in [2.75, 3.05) is 20.0 Å². The Labute approximate surface area is 108 Å². The van der Waals surface area contributed by atoms with Crippen LogP contribution in [0, 0.1) is 0 Å². The molecule has 0 aliphatic heterocycles. The Morgan fingerprint density at radius 2 is 1.82 bits per heavy atom. The van der Waals surface area contributed by atoms with Gasteiger partial charge in [0.1, 0.15) is 5.75 Å². The molecule has 0 unspecified atom stereocenters. The van der Waals surface area contributed by atoms with E-state index in [0.29, 0.717) is 0 Å². The van der Waals surface area contributed by atoms with E-state index in [9.17, 15) is 0 Å². The largest absolute Gasteiger partial charge is 0.497 e. The van der Waals surface area contributed by atoms with Gasteiger partial charge in [0.25, 0.3) is 0 Å². The number of rotatable bonds is 4. The Hall–Kier alpha value is -1.19. The fourth-order valence-electron chi connectivity index (χ4n) is 1.86. The van der Waals surface area contributed by atoms with Crippen LogP contribution in [0.5, 0.6) is 5.75 Å². The summed E-state index contributed by atoms with van der Waals surface area (Å²) in [6.07, 6.45) is 0. The second-order valence-electron chi connectivity index (χ2n) is 4.20. The molecule has 0 saturated heterocycles. The van der Waals surface area contributed by atoms with Gasteiger partial charge in [-0.2, -0.15) is 12.6 Å². The van der Waals surface area contributed by atoms with E-state index >= 15 is 0 Å². The van der Waals surface area contributed by atoms with E-state index in [1.165, 1.54) is 16.3 Å². The molecule has 3 heteroatoms. The molecular weight excluding hydrogens is 230 g/mol. The number of fused-ring (bicyclic) bond motifs is 1. The summed E-state index contributed by atoms with van der Waals surface area (Å²) in [5.74, 6) is 1.67. The minimum Gasteiger partial charge on any atom is -0.497 e. The summed E-state index contributed by atoms with van der Waals surface area (Å²) in [5, 5.41) is 2.46. The van der Waals surface area contributed by atoms with E-state index in [4.69, 9.17) is 4.74 Å². The average Bonchev–Trinajstić information content (AvgIpc) is 2.38. The maximum absolute atomic E-state index is 5.22. The molecule has 0 aliphatic carbocycles. The van der Waals surface area contributed by atoms with E-state index in [-0.39, 0.29) is 0 Å². The molecule has 0 fully saturated rings. The summed E-state index contributed by atoms with van der Waals surface area (Å²) in [4.78, 5) is 2.16. The average molecular weight is 247 g/mol. The molecule has 2 aromatic rings. The number of nitrogens with zero attached hydrogens (tertiary/aromatic N) is 1. The predicted octanol–water partition coefficient (Wildman–Crippen LogP) is 3.17. The van der Waals surface area contributed by atoms with Crippen LogP contribution in [0.25, 0.3) is 10.8 Å². The van der Waals surface area contributed by atoms with Crippen molar-refractivity contribution in [1.29, 1.82) is 0 Å². The highest BCUT2D eigenvalue weighted by Crippen LogP contribution is 2.22. The van der Waals surface area contributed by atoms with Gasteiger partial charge in [-0.15, -0.1) is 0 Å². The van der Waals surface area contributed by atoms with E-state index in [1.807, 2.05) is 6.07 Å². The second-order valence-corrected chi connectivity index (χ2v) is 4.49. The van der Waals surface area contributed by atoms with Gasteiger partial charge in [-0.05, 0) is 41.6 Å². The molecule has 0 bridgehead atoms. The summed E-state index contributed by atoms with van der Waals surface area (Å²) in [7, 11) is 3.75. The third-order valence-corrected chi connectivity index (χ3v) is 3.29. The lowest BCUT2D eigenvalue weighted by Gasteiger charge is -2.13. The SMILES string of the molecule is COc1ccc2cc(CN(C)CS)ccc2c1. The van der Waals surface area contributed by atoms with Gasteiger partial charge in [0.2, 0.25) is 0 Å². The number of thiol groups is 1. The topological polar surface area (TPSA) is 12.5 Å². The zero-order valence-corrected chi connectivity index (χ0v) is 11.1. The van der Waals surface area contributed by atoms with Crippen LogP contribution in [-0.4, -0.2) is 24.9 Å². The third kappa shape index (κ3) is 2.93. The first-order chi connectivity index (χ1) is 8.22. The number of hydrogen-bond acceptors (Lipinski definition) is 3. The lowest BCUT2D eigenvalue weighted by atomic mass is 10.1. The Morgan fingerprint density at radius 3 is 2.53 bits per heavy atom. The summed E-state index contributed by atoms with van der Waals surface area (Å²) >= 11 is 4.25. The maximum atomic E-state index is 5.22. The van der Waals surface area contributed by atoms with Gasteiger partial charge < -0.3 is 4.74 Å². The molecule has 17 heavy (non-hydrogen) atoms. The molecule has 0 amide bonds. The molecular formula is C14H17NOS. The van der Waals surface area contributed by atoms with Gasteiger partial charge in [-0.1, -0.05) is 18.2 Å². The minimum absolute atomic E-state index is 0.765. The Kier molecular flexibility index (Phi) is 3.92. The molecule has 0 radical (unpaired) electrons. The van der Waals surface area contributed by atoms with Crippen LogP contribution in [0.3, 0.4) is 0 Å². The molecule has 0 aromatic heterocycles. The quantitative estimate of drug-likeness (QED) is 0.658. The molecule has 0 aliphatic rings. The van der Waals surface area contributed by atoms with E-state index in [0.717, 1.165) is 18.2 Å². The molecule has 2 rings (SSSR count). The lowest BCUT2D eigenvalue weighted by molar-refractivity contribution is 0.388. The van der Waals surface area contributed by atoms with Gasteiger partial charge in [-0.3, -0.25) is 4.90 Å². The van der Waals surface area contributed by atoms with Crippen molar-refractivity contribution >= 4 is 23.4 Å². The molecule has 2 nitrogen and oxygen atoms in total. The molecule has 0 N–H and O–H groups in total. The van der Waals surface area contributed by atoms with E-state index in [2.05, 4.69) is 54.9 Å². The highest BCUT2D eigenvalue weighted by molar-refractivity contribution is 7.80. The first-order valence-corrected chi connectivity index (χ1v) is 6.22. The summed E-state index contributed by atoms with van der Waals surface area (Å²) in [5.41, 5.74) is 1.30. The van der Waals surface area contributed by atoms with Crippen LogP contribution < -0.4 is 4.74 Å². The Balaban J connectivity index is 2.31. The van der Waals surface area contributed by atoms with Crippen molar-refractivity contribution in [3.05, 3.63) is 42.0 Å². The normalized spacial score (nSPS) is 11.1. The fraction of sp³-hybridized carbons (Fsp3) is 0.286. The number of methoxy groups -OCH3 is 1. The van der Waals surface area contributed by atoms with Crippen molar-refractivity contribution in [1.82, 2.24) is 4.90 Å². The van der Waals surface area contributed by atoms with Crippen molar-refractivity contribution in [3.63, 3.8) is 0 Å². The van der Waals surface area contributed by atoms with Crippen molar-refractivity contribution in [3.8, 4) is 5.75 Å². The number of hydrogen-bond donors (Lipinski definition) is 1. The van der Waals surface area contributed by atoms with Crippen LogP contribution in [0.4, 0.5) is 0 Å². The number of ether oxygens (including phenoxy) is 1. The first-order valence-electron chi connectivity index (χ1n) is 5.59. The van der Waals surface area contributed by atoms with Crippen molar-refractivity contribution < 1.29 is 4.74 Å². The monoisotopic (exact) mass is 247 g/mol. The van der Waals surface area contributed by atoms with Crippen LogP contribution >= 0.6 is 12.6 Å². The number of benzene rings is 2. The standard InChI is InChI=1S/C14H17NOS/c1-15(10-17)9-11-3-4-13-8-14(16-2)6-5-12(13)7-11/h3-8,17H,9-10H2,1-2H3. The zero-order valence-electron chi connectivity index (χ0n) is 10.2. The highest BCUT2D eigenvalue weighted by atomic mass is 32.1. The highest BCUT2D eigenvalue weighted by Gasteiger charge is 2.01. The molecule has 2 aromatic carbocycles. The predicted molar refractivity (Wildman–Crippen MR) is 75.8 cm³/mol. The smallest absolute Gasteiger partial charge is 0.119 e. The van der Waals surface area contributed by atoms with Crippen molar-refractivity contribution in [2.24, 2.45) is 0 Å². The van der Waals surface area contributed by atoms with Crippen LogP contribution in [0.1, 0.15) is 5.56 Å². The summed E-state index contributed by atoms with van der Waals surface area (Å²) in [6.45, 7) is 0.922. The second kappa shape index (κ2) is 5.43. The van der Waals surface area contributed by atoms with Crippen LogP contribution in [0.2, 0.25) is 0 Å². The maximum Gasteiger partial charge on any atom is 0.119 e. The molecule has 0 saturated carbocycles. The first kappa shape index (κ1) is 12.3. The van der Waals surface area contributed by atoms with Gasteiger partial charge in [-0.25, -0.2) is 0 Å². The van der Waals surface area contributed by atoms with Crippen LogP contribution in [-0.2, 0) is 6.54 Å². The molecule has 0 heterocycles. The lowest BCUT2D eigenvalue weighted by Crippen LogP contribution is -2.15. The van der Waals surface area contributed by atoms with Gasteiger partial charge in [0, 0.05) is 12.4 Å². The molecule has 0 atom stereocenters. The zero-order chi connectivity index (χ0) is 12.3. The Bertz CT molecular complexity index is 513. The van der Waals surface area contributed by atoms with Gasteiger partial charge in [0.15, 0.2) is 0 Å². The molecule has 0 spiro atoms. The fourth-order valence-corrected chi connectivity index (χ4v) is 1.96. The Morgan fingerprint density at radius 1 is 1.12 bits per heavy atom. The van der Waals surface area contributed by atoms with Crippen LogP contribution in [0.15, 0.2) is 36.4 Å². The minimum atomic E-state index is 0.765. The summed E-state index contributed by atoms with van der Waals surface area (Å²) in [6, 6.07) is 12.7. The van der Waals surface area contributed by atoms with Gasteiger partial charge in [0.05, 0.1) is 7.11 Å². The van der Waals surface area contributed by atoms with E-state index < -0.39 is 0 Å². The van der Waals surface area contributed by atoms with Gasteiger partial charge >= 0.3 is 0 Å². The van der Waals surface area contributed by atoms with Crippen molar-refractivity contribution in [2.45, 2.75) is 6.54 Å². The van der Waals surface area contributed by atoms with E-state index in [1.54, 1.807) is 7.11 Å².